The Hall–Kier alpha value is -1.55. The molecule has 1 fully saturated rings. The van der Waals surface area contributed by atoms with Crippen molar-refractivity contribution in [3.05, 3.63) is 29.3 Å². The van der Waals surface area contributed by atoms with E-state index in [-0.39, 0.29) is 11.9 Å². The first-order chi connectivity index (χ1) is 9.92. The van der Waals surface area contributed by atoms with Gasteiger partial charge in [0.2, 0.25) is 5.91 Å². The fourth-order valence-corrected chi connectivity index (χ4v) is 2.91. The van der Waals surface area contributed by atoms with Gasteiger partial charge < -0.3 is 15.4 Å². The van der Waals surface area contributed by atoms with Gasteiger partial charge in [-0.25, -0.2) is 0 Å². The van der Waals surface area contributed by atoms with Crippen LogP contribution in [-0.4, -0.2) is 31.0 Å². The molecule has 1 heterocycles. The summed E-state index contributed by atoms with van der Waals surface area (Å²) in [5, 5.41) is 0. The predicted molar refractivity (Wildman–Crippen MR) is 84.2 cm³/mol. The molecule has 2 rings (SSSR count). The van der Waals surface area contributed by atoms with Gasteiger partial charge in [-0.15, -0.1) is 0 Å². The third-order valence-electron chi connectivity index (χ3n) is 4.39. The quantitative estimate of drug-likeness (QED) is 0.906. The second kappa shape index (κ2) is 6.48. The molecule has 1 aromatic rings. The van der Waals surface area contributed by atoms with E-state index in [0.717, 1.165) is 23.4 Å². The van der Waals surface area contributed by atoms with E-state index in [0.29, 0.717) is 24.8 Å². The molecule has 1 aliphatic heterocycles. The van der Waals surface area contributed by atoms with Gasteiger partial charge in [-0.05, 0) is 24.8 Å². The van der Waals surface area contributed by atoms with Crippen LogP contribution in [0.3, 0.4) is 0 Å². The number of amides is 1. The Morgan fingerprint density at radius 1 is 1.43 bits per heavy atom. The van der Waals surface area contributed by atoms with Crippen molar-refractivity contribution in [1.82, 2.24) is 4.90 Å². The number of aryl methyl sites for hydroxylation is 1. The van der Waals surface area contributed by atoms with Crippen molar-refractivity contribution >= 4 is 5.91 Å². The average Bonchev–Trinajstić information content (AvgIpc) is 2.80. The van der Waals surface area contributed by atoms with Crippen LogP contribution in [0.5, 0.6) is 5.75 Å². The summed E-state index contributed by atoms with van der Waals surface area (Å²) in [5.74, 6) is 1.99. The largest absolute Gasteiger partial charge is 0.496 e. The van der Waals surface area contributed by atoms with Gasteiger partial charge in [-0.2, -0.15) is 0 Å². The molecule has 1 amide bonds. The van der Waals surface area contributed by atoms with Crippen LogP contribution in [0.2, 0.25) is 0 Å². The zero-order chi connectivity index (χ0) is 15.6. The third kappa shape index (κ3) is 3.56. The Morgan fingerprint density at radius 2 is 2.14 bits per heavy atom. The molecule has 0 saturated carbocycles. The normalized spacial score (nSPS) is 20.2. The maximum Gasteiger partial charge on any atom is 0.222 e. The molecule has 1 aromatic carbocycles. The maximum atomic E-state index is 12.1. The molecule has 4 heteroatoms. The highest BCUT2D eigenvalue weighted by Crippen LogP contribution is 2.29. The molecule has 2 unspecified atom stereocenters. The lowest BCUT2D eigenvalue weighted by Crippen LogP contribution is -2.34. The van der Waals surface area contributed by atoms with Gasteiger partial charge in [0.05, 0.1) is 13.2 Å². The number of nitrogens with two attached hydrogens (primary N) is 1. The number of likely N-dealkylation sites (tertiary alicyclic amines) is 1. The van der Waals surface area contributed by atoms with E-state index in [1.807, 2.05) is 30.0 Å². The summed E-state index contributed by atoms with van der Waals surface area (Å²) >= 11 is 0. The summed E-state index contributed by atoms with van der Waals surface area (Å²) in [6.07, 6.45) is 0.648. The smallest absolute Gasteiger partial charge is 0.222 e. The minimum absolute atomic E-state index is 0.213. The molecule has 4 nitrogen and oxygen atoms in total. The Balaban J connectivity index is 2.10. The Bertz CT molecular complexity index is 514. The Morgan fingerprint density at radius 3 is 2.71 bits per heavy atom. The number of benzene rings is 1. The molecule has 0 spiro atoms. The lowest BCUT2D eigenvalue weighted by Gasteiger charge is -2.23. The fourth-order valence-electron chi connectivity index (χ4n) is 2.91. The highest BCUT2D eigenvalue weighted by molar-refractivity contribution is 5.78. The lowest BCUT2D eigenvalue weighted by molar-refractivity contribution is -0.128. The molecule has 116 valence electrons. The van der Waals surface area contributed by atoms with E-state index in [2.05, 4.69) is 13.8 Å². The monoisotopic (exact) mass is 290 g/mol. The highest BCUT2D eigenvalue weighted by atomic mass is 16.5. The van der Waals surface area contributed by atoms with E-state index >= 15 is 0 Å². The topological polar surface area (TPSA) is 55.6 Å². The van der Waals surface area contributed by atoms with Crippen molar-refractivity contribution in [2.45, 2.75) is 33.2 Å². The van der Waals surface area contributed by atoms with Crippen LogP contribution in [0.15, 0.2) is 18.2 Å². The molecule has 21 heavy (non-hydrogen) atoms. The fraction of sp³-hybridized carbons (Fsp3) is 0.588. The number of carbonyl (C=O) groups is 1. The summed E-state index contributed by atoms with van der Waals surface area (Å²) in [5.41, 5.74) is 8.45. The molecule has 2 atom stereocenters. The van der Waals surface area contributed by atoms with Gasteiger partial charge in [0.15, 0.2) is 0 Å². The molecular formula is C17H26N2O2. The van der Waals surface area contributed by atoms with Crippen molar-refractivity contribution in [1.29, 1.82) is 0 Å². The van der Waals surface area contributed by atoms with Gasteiger partial charge >= 0.3 is 0 Å². The SMILES string of the molecule is COc1ccc(C)cc1C(N)CN1CC(C(C)C)CC1=O. The molecule has 1 saturated heterocycles. The van der Waals surface area contributed by atoms with E-state index in [1.165, 1.54) is 0 Å². The summed E-state index contributed by atoms with van der Waals surface area (Å²) in [6, 6.07) is 5.77. The number of rotatable bonds is 5. The van der Waals surface area contributed by atoms with Crippen LogP contribution in [0.25, 0.3) is 0 Å². The van der Waals surface area contributed by atoms with Crippen LogP contribution in [-0.2, 0) is 4.79 Å². The van der Waals surface area contributed by atoms with E-state index in [4.69, 9.17) is 10.5 Å². The van der Waals surface area contributed by atoms with Crippen LogP contribution < -0.4 is 10.5 Å². The maximum absolute atomic E-state index is 12.1. The van der Waals surface area contributed by atoms with Gasteiger partial charge in [-0.3, -0.25) is 4.79 Å². The molecule has 0 aromatic heterocycles. The summed E-state index contributed by atoms with van der Waals surface area (Å²) in [6.45, 7) is 7.75. The van der Waals surface area contributed by atoms with E-state index < -0.39 is 0 Å². The first kappa shape index (κ1) is 15.8. The second-order valence-corrected chi connectivity index (χ2v) is 6.36. The van der Waals surface area contributed by atoms with Gasteiger partial charge in [0.25, 0.3) is 0 Å². The van der Waals surface area contributed by atoms with Crippen molar-refractivity contribution in [3.8, 4) is 5.75 Å². The average molecular weight is 290 g/mol. The standard InChI is InChI=1S/C17H26N2O2/c1-11(2)13-8-17(20)19(9-13)10-15(18)14-7-12(3)5-6-16(14)21-4/h5-7,11,13,15H,8-10,18H2,1-4H3. The number of ether oxygens (including phenoxy) is 1. The lowest BCUT2D eigenvalue weighted by atomic mass is 9.95. The van der Waals surface area contributed by atoms with Crippen LogP contribution in [0, 0.1) is 18.8 Å². The third-order valence-corrected chi connectivity index (χ3v) is 4.39. The summed E-state index contributed by atoms with van der Waals surface area (Å²) < 4.78 is 5.39. The first-order valence-corrected chi connectivity index (χ1v) is 7.60. The second-order valence-electron chi connectivity index (χ2n) is 6.36. The van der Waals surface area contributed by atoms with Crippen LogP contribution in [0.4, 0.5) is 0 Å². The van der Waals surface area contributed by atoms with Crippen LogP contribution in [0.1, 0.15) is 37.4 Å². The number of carbonyl (C=O) groups excluding carboxylic acids is 1. The number of nitrogens with zero attached hydrogens (tertiary/aromatic N) is 1. The molecule has 2 N–H and O–H groups in total. The zero-order valence-corrected chi connectivity index (χ0v) is 13.4. The molecule has 0 radical (unpaired) electrons. The highest BCUT2D eigenvalue weighted by Gasteiger charge is 2.32. The minimum atomic E-state index is -0.213. The van der Waals surface area contributed by atoms with Gasteiger partial charge in [0.1, 0.15) is 5.75 Å². The minimum Gasteiger partial charge on any atom is -0.496 e. The van der Waals surface area contributed by atoms with E-state index in [9.17, 15) is 4.79 Å². The summed E-state index contributed by atoms with van der Waals surface area (Å²) in [7, 11) is 1.65. The van der Waals surface area contributed by atoms with E-state index in [1.54, 1.807) is 7.11 Å². The van der Waals surface area contributed by atoms with Crippen LogP contribution >= 0.6 is 0 Å². The van der Waals surface area contributed by atoms with Crippen molar-refractivity contribution < 1.29 is 9.53 Å². The van der Waals surface area contributed by atoms with Crippen molar-refractivity contribution in [3.63, 3.8) is 0 Å². The zero-order valence-electron chi connectivity index (χ0n) is 13.4. The summed E-state index contributed by atoms with van der Waals surface area (Å²) in [4.78, 5) is 14.0. The molecule has 1 aliphatic rings. The first-order valence-electron chi connectivity index (χ1n) is 7.60. The molecular weight excluding hydrogens is 264 g/mol. The molecule has 0 bridgehead atoms. The number of hydrogen-bond donors (Lipinski definition) is 1. The van der Waals surface area contributed by atoms with Crippen molar-refractivity contribution in [2.75, 3.05) is 20.2 Å². The Kier molecular flexibility index (Phi) is 4.88. The molecule has 0 aliphatic carbocycles. The van der Waals surface area contributed by atoms with Gasteiger partial charge in [0, 0.05) is 25.1 Å². The van der Waals surface area contributed by atoms with Gasteiger partial charge in [-0.1, -0.05) is 31.5 Å². The number of hydrogen-bond acceptors (Lipinski definition) is 3. The van der Waals surface area contributed by atoms with Crippen molar-refractivity contribution in [2.24, 2.45) is 17.6 Å². The predicted octanol–water partition coefficient (Wildman–Crippen LogP) is 2.51. The number of methoxy groups -OCH3 is 1. The Labute approximate surface area is 127 Å².